The molecule has 4 heteroatoms. The van der Waals surface area contributed by atoms with Gasteiger partial charge in [-0.1, -0.05) is 15.9 Å². The molecule has 1 aliphatic carbocycles. The number of benzene rings is 1. The van der Waals surface area contributed by atoms with Crippen molar-refractivity contribution in [1.82, 2.24) is 0 Å². The summed E-state index contributed by atoms with van der Waals surface area (Å²) in [7, 11) is 0. The van der Waals surface area contributed by atoms with Crippen LogP contribution in [0.15, 0.2) is 28.7 Å². The van der Waals surface area contributed by atoms with Crippen LogP contribution in [0.25, 0.3) is 5.76 Å². The molecule has 3 nitrogen and oxygen atoms in total. The lowest BCUT2D eigenvalue weighted by molar-refractivity contribution is -0.111. The number of hydrogen-bond donors (Lipinski definition) is 0. The monoisotopic (exact) mass is 294 g/mol. The third kappa shape index (κ3) is 2.31. The van der Waals surface area contributed by atoms with Gasteiger partial charge in [-0.2, -0.15) is 0 Å². The third-order valence-corrected chi connectivity index (χ3v) is 2.83. The lowest BCUT2D eigenvalue weighted by Gasteiger charge is -2.19. The van der Waals surface area contributed by atoms with Gasteiger partial charge in [0.25, 0.3) is 0 Å². The minimum Gasteiger partial charge on any atom is -0.490 e. The third-order valence-electron chi connectivity index (χ3n) is 2.34. The van der Waals surface area contributed by atoms with Crippen molar-refractivity contribution in [2.45, 2.75) is 20.0 Å². The molecule has 0 saturated heterocycles. The Hall–Kier alpha value is -1.42. The number of ketones is 2. The van der Waals surface area contributed by atoms with E-state index >= 15 is 0 Å². The molecule has 17 heavy (non-hydrogen) atoms. The van der Waals surface area contributed by atoms with Crippen molar-refractivity contribution in [2.24, 2.45) is 0 Å². The smallest absolute Gasteiger partial charge is 0.233 e. The van der Waals surface area contributed by atoms with Gasteiger partial charge in [-0.3, -0.25) is 9.59 Å². The summed E-state index contributed by atoms with van der Waals surface area (Å²) >= 11 is 3.28. The molecule has 1 aromatic rings. The summed E-state index contributed by atoms with van der Waals surface area (Å²) in [5.74, 6) is -0.559. The van der Waals surface area contributed by atoms with E-state index in [0.29, 0.717) is 16.9 Å². The highest BCUT2D eigenvalue weighted by atomic mass is 79.9. The van der Waals surface area contributed by atoms with Crippen molar-refractivity contribution in [3.05, 3.63) is 39.9 Å². The van der Waals surface area contributed by atoms with Crippen molar-refractivity contribution in [2.75, 3.05) is 0 Å². The van der Waals surface area contributed by atoms with E-state index in [1.807, 2.05) is 19.9 Å². The second kappa shape index (κ2) is 4.45. The summed E-state index contributed by atoms with van der Waals surface area (Å²) in [5, 5.41) is 0. The topological polar surface area (TPSA) is 43.4 Å². The van der Waals surface area contributed by atoms with Gasteiger partial charge in [0.1, 0.15) is 5.76 Å². The molecular formula is C13H11BrO3. The fraction of sp³-hybridized carbons (Fsp3) is 0.231. The minimum absolute atomic E-state index is 0.0428. The van der Waals surface area contributed by atoms with Gasteiger partial charge in [0.15, 0.2) is 0 Å². The van der Waals surface area contributed by atoms with Crippen LogP contribution in [-0.2, 0) is 9.53 Å². The summed E-state index contributed by atoms with van der Waals surface area (Å²) in [6.07, 6.45) is 1.22. The van der Waals surface area contributed by atoms with Crippen LogP contribution in [0, 0.1) is 0 Å². The lowest BCUT2D eigenvalue weighted by Crippen LogP contribution is -2.20. The second-order valence-electron chi connectivity index (χ2n) is 4.06. The van der Waals surface area contributed by atoms with E-state index in [-0.39, 0.29) is 6.10 Å². The number of hydrogen-bond acceptors (Lipinski definition) is 3. The molecule has 0 aromatic heterocycles. The van der Waals surface area contributed by atoms with Crippen LogP contribution in [0.2, 0.25) is 0 Å². The van der Waals surface area contributed by atoms with Crippen molar-refractivity contribution in [1.29, 1.82) is 0 Å². The van der Waals surface area contributed by atoms with Gasteiger partial charge >= 0.3 is 0 Å². The number of fused-ring (bicyclic) bond motifs is 1. The molecule has 2 rings (SSSR count). The number of rotatable bonds is 2. The Labute approximate surface area is 108 Å². The fourth-order valence-corrected chi connectivity index (χ4v) is 2.03. The maximum absolute atomic E-state index is 11.7. The zero-order valence-corrected chi connectivity index (χ0v) is 11.1. The van der Waals surface area contributed by atoms with Gasteiger partial charge in [-0.25, -0.2) is 0 Å². The van der Waals surface area contributed by atoms with Crippen LogP contribution in [0.1, 0.15) is 29.8 Å². The molecule has 0 N–H and O–H groups in total. The summed E-state index contributed by atoms with van der Waals surface area (Å²) in [6, 6.07) is 5.24. The van der Waals surface area contributed by atoms with Crippen LogP contribution in [0.5, 0.6) is 0 Å². The van der Waals surface area contributed by atoms with Gasteiger partial charge in [0.05, 0.1) is 6.10 Å². The van der Waals surface area contributed by atoms with Crippen LogP contribution >= 0.6 is 15.9 Å². The zero-order chi connectivity index (χ0) is 12.6. The number of Topliss-reactive ketones (excluding diaryl/α,β-unsaturated/α-hetero) is 1. The SMILES string of the molecule is CC(C)OC1=CC(=O)C(=O)c2cc(Br)ccc21. The predicted octanol–water partition coefficient (Wildman–Crippen LogP) is 2.98. The Bertz CT molecular complexity index is 529. The van der Waals surface area contributed by atoms with Crippen LogP contribution < -0.4 is 0 Å². The number of ether oxygens (including phenoxy) is 1. The first-order valence-corrected chi connectivity index (χ1v) is 6.05. The molecule has 0 radical (unpaired) electrons. The number of carbonyl (C=O) groups excluding carboxylic acids is 2. The van der Waals surface area contributed by atoms with Crippen LogP contribution in [0.3, 0.4) is 0 Å². The maximum atomic E-state index is 11.7. The molecule has 0 unspecified atom stereocenters. The fourth-order valence-electron chi connectivity index (χ4n) is 1.67. The highest BCUT2D eigenvalue weighted by Crippen LogP contribution is 2.29. The minimum atomic E-state index is -0.536. The molecule has 1 aliphatic rings. The highest BCUT2D eigenvalue weighted by molar-refractivity contribution is 9.10. The van der Waals surface area contributed by atoms with E-state index in [1.54, 1.807) is 12.1 Å². The molecule has 0 atom stereocenters. The Morgan fingerprint density at radius 1 is 1.18 bits per heavy atom. The Morgan fingerprint density at radius 2 is 1.88 bits per heavy atom. The molecule has 0 heterocycles. The van der Waals surface area contributed by atoms with E-state index in [1.165, 1.54) is 6.08 Å². The van der Waals surface area contributed by atoms with Gasteiger partial charge in [-0.15, -0.1) is 0 Å². The normalized spacial score (nSPS) is 14.7. The quantitative estimate of drug-likeness (QED) is 0.788. The predicted molar refractivity (Wildman–Crippen MR) is 67.7 cm³/mol. The van der Waals surface area contributed by atoms with Crippen molar-refractivity contribution in [3.63, 3.8) is 0 Å². The molecule has 0 amide bonds. The first kappa shape index (κ1) is 12.0. The van der Waals surface area contributed by atoms with Crippen molar-refractivity contribution < 1.29 is 14.3 Å². The largest absolute Gasteiger partial charge is 0.490 e. The van der Waals surface area contributed by atoms with E-state index < -0.39 is 11.6 Å². The average molecular weight is 295 g/mol. The second-order valence-corrected chi connectivity index (χ2v) is 4.97. The summed E-state index contributed by atoms with van der Waals surface area (Å²) in [6.45, 7) is 3.75. The Morgan fingerprint density at radius 3 is 2.53 bits per heavy atom. The molecule has 88 valence electrons. The first-order chi connectivity index (χ1) is 7.99. The van der Waals surface area contributed by atoms with Crippen molar-refractivity contribution in [3.8, 4) is 0 Å². The number of allylic oxidation sites excluding steroid dienone is 1. The number of carbonyl (C=O) groups is 2. The molecule has 0 aliphatic heterocycles. The van der Waals surface area contributed by atoms with Gasteiger partial charge in [-0.05, 0) is 32.0 Å². The van der Waals surface area contributed by atoms with Crippen molar-refractivity contribution >= 4 is 33.3 Å². The Balaban J connectivity index is 2.54. The standard InChI is InChI=1S/C13H11BrO3/c1-7(2)17-12-6-11(15)13(16)10-5-8(14)3-4-9(10)12/h3-7H,1-2H3. The maximum Gasteiger partial charge on any atom is 0.233 e. The van der Waals surface area contributed by atoms with Gasteiger partial charge in [0, 0.05) is 21.7 Å². The van der Waals surface area contributed by atoms with Crippen LogP contribution in [0.4, 0.5) is 0 Å². The summed E-state index contributed by atoms with van der Waals surface area (Å²) < 4.78 is 6.32. The van der Waals surface area contributed by atoms with E-state index in [4.69, 9.17) is 4.74 Å². The lowest BCUT2D eigenvalue weighted by atomic mass is 9.94. The molecule has 1 aromatic carbocycles. The van der Waals surface area contributed by atoms with Crippen LogP contribution in [-0.4, -0.2) is 17.7 Å². The van der Waals surface area contributed by atoms with E-state index in [2.05, 4.69) is 15.9 Å². The molecule has 0 spiro atoms. The first-order valence-electron chi connectivity index (χ1n) is 5.26. The molecule has 0 fully saturated rings. The molecular weight excluding hydrogens is 284 g/mol. The number of halogens is 1. The molecule has 0 saturated carbocycles. The molecule has 0 bridgehead atoms. The summed E-state index contributed by atoms with van der Waals surface area (Å²) in [4.78, 5) is 23.3. The Kier molecular flexibility index (Phi) is 3.15. The van der Waals surface area contributed by atoms with E-state index in [0.717, 1.165) is 4.47 Å². The summed E-state index contributed by atoms with van der Waals surface area (Å²) in [5.41, 5.74) is 1.06. The van der Waals surface area contributed by atoms with E-state index in [9.17, 15) is 9.59 Å². The van der Waals surface area contributed by atoms with Gasteiger partial charge < -0.3 is 4.74 Å². The average Bonchev–Trinajstić information content (AvgIpc) is 2.24. The van der Waals surface area contributed by atoms with Gasteiger partial charge in [0.2, 0.25) is 11.6 Å². The zero-order valence-electron chi connectivity index (χ0n) is 9.49. The highest BCUT2D eigenvalue weighted by Gasteiger charge is 2.27.